The molecule has 0 saturated carbocycles. The molecule has 1 heterocycles. The van der Waals surface area contributed by atoms with Crippen LogP contribution in [-0.4, -0.2) is 101 Å². The molecule has 0 aliphatic carbocycles. The number of halogens is 1. The Labute approximate surface area is 274 Å². The van der Waals surface area contributed by atoms with Crippen LogP contribution >= 0.6 is 11.6 Å². The van der Waals surface area contributed by atoms with E-state index in [0.717, 1.165) is 0 Å². The largest absolute Gasteiger partial charge is 0.497 e. The van der Waals surface area contributed by atoms with Crippen molar-refractivity contribution in [2.45, 2.75) is 65.6 Å². The van der Waals surface area contributed by atoms with Crippen molar-refractivity contribution < 1.29 is 44.0 Å². The summed E-state index contributed by atoms with van der Waals surface area (Å²) in [5.74, 6) is -3.40. The van der Waals surface area contributed by atoms with Crippen molar-refractivity contribution in [3.8, 4) is 5.75 Å². The van der Waals surface area contributed by atoms with Crippen LogP contribution in [0.3, 0.4) is 0 Å². The number of primary amides is 1. The number of piperazine rings is 1. The Balaban J connectivity index is 0.00000116. The average molecular weight is 670 g/mol. The number of nitrogens with one attached hydrogen (secondary N) is 1. The van der Waals surface area contributed by atoms with Gasteiger partial charge in [-0.15, -0.1) is 0 Å². The first kappa shape index (κ1) is 40.3. The number of benzene rings is 1. The van der Waals surface area contributed by atoms with E-state index in [4.69, 9.17) is 38.0 Å². The number of aliphatic hydroxyl groups is 1. The molecule has 1 aliphatic heterocycles. The number of nitrogens with zero attached hydrogens (tertiary/aromatic N) is 2. The monoisotopic (exact) mass is 669 g/mol. The Kier molecular flexibility index (Phi) is 15.1. The Morgan fingerprint density at radius 1 is 1.15 bits per heavy atom. The molecule has 46 heavy (non-hydrogen) atoms. The fourth-order valence-electron chi connectivity index (χ4n) is 4.56. The van der Waals surface area contributed by atoms with Gasteiger partial charge < -0.3 is 41.7 Å². The minimum atomic E-state index is -1.26. The van der Waals surface area contributed by atoms with E-state index in [2.05, 4.69) is 5.32 Å². The van der Waals surface area contributed by atoms with Crippen LogP contribution in [-0.2, 0) is 24.0 Å². The second kappa shape index (κ2) is 17.3. The van der Waals surface area contributed by atoms with Crippen molar-refractivity contribution in [2.24, 2.45) is 28.7 Å². The lowest BCUT2D eigenvalue weighted by Crippen LogP contribution is -2.64. The zero-order valence-electron chi connectivity index (χ0n) is 27.4. The number of ether oxygens (including phenoxy) is 1. The Morgan fingerprint density at radius 3 is 2.20 bits per heavy atom. The fraction of sp³-hybridized carbons (Fsp3) is 0.581. The van der Waals surface area contributed by atoms with Crippen molar-refractivity contribution in [1.29, 1.82) is 0 Å². The number of hydrogen-bond acceptors (Lipinski definition) is 9. The molecule has 1 fully saturated rings. The number of methoxy groups -OCH3 is 1. The first-order valence-electron chi connectivity index (χ1n) is 14.7. The van der Waals surface area contributed by atoms with Crippen LogP contribution in [0.4, 0.5) is 5.69 Å². The van der Waals surface area contributed by atoms with Crippen LogP contribution in [0.2, 0.25) is 5.02 Å². The van der Waals surface area contributed by atoms with Gasteiger partial charge >= 0.3 is 11.9 Å². The zero-order chi connectivity index (χ0) is 35.6. The highest BCUT2D eigenvalue weighted by molar-refractivity contribution is 6.34. The normalized spacial score (nSPS) is 17.1. The minimum absolute atomic E-state index is 0.0669. The molecule has 1 aromatic carbocycles. The Bertz CT molecular complexity index is 1270. The van der Waals surface area contributed by atoms with E-state index < -0.39 is 46.9 Å². The minimum Gasteiger partial charge on any atom is -0.497 e. The summed E-state index contributed by atoms with van der Waals surface area (Å²) in [6.07, 6.45) is 0.286. The van der Waals surface area contributed by atoms with Gasteiger partial charge in [0.25, 0.3) is 0 Å². The number of carboxylic acid groups (broad SMARTS) is 2. The van der Waals surface area contributed by atoms with Crippen LogP contribution in [0.25, 0.3) is 0 Å². The number of nitrogens with two attached hydrogens (primary N) is 2. The zero-order valence-corrected chi connectivity index (χ0v) is 28.2. The van der Waals surface area contributed by atoms with Gasteiger partial charge in [-0.3, -0.25) is 19.3 Å². The molecule has 1 saturated heterocycles. The highest BCUT2D eigenvalue weighted by Crippen LogP contribution is 2.34. The third-order valence-electron chi connectivity index (χ3n) is 7.77. The summed E-state index contributed by atoms with van der Waals surface area (Å²) in [5, 5.41) is 29.8. The summed E-state index contributed by atoms with van der Waals surface area (Å²) in [4.78, 5) is 60.3. The summed E-state index contributed by atoms with van der Waals surface area (Å²) in [6.45, 7) is 12.0. The lowest BCUT2D eigenvalue weighted by molar-refractivity contribution is -0.134. The SMILES string of the molecule is COc1ccc(Cl)c(N2CC(C)(C)N(C[C@H](N)[C@@H](O)C[C@H](C(=O)NCC(C)(C)C(N)=O)C(C)C)CC2=O)c1.O=C(O)/C=C/C(=O)O. The summed E-state index contributed by atoms with van der Waals surface area (Å²) < 4.78 is 5.30. The van der Waals surface area contributed by atoms with E-state index in [0.29, 0.717) is 35.2 Å². The highest BCUT2D eigenvalue weighted by Gasteiger charge is 2.41. The molecule has 0 unspecified atom stereocenters. The number of rotatable bonds is 14. The maximum absolute atomic E-state index is 13.1. The van der Waals surface area contributed by atoms with Crippen molar-refractivity contribution in [3.63, 3.8) is 0 Å². The predicted octanol–water partition coefficient (Wildman–Crippen LogP) is 1.47. The summed E-state index contributed by atoms with van der Waals surface area (Å²) in [5.41, 5.74) is 11.0. The molecule has 1 aliphatic rings. The third-order valence-corrected chi connectivity index (χ3v) is 8.09. The van der Waals surface area contributed by atoms with Crippen LogP contribution in [0, 0.1) is 17.3 Å². The molecule has 1 aromatic rings. The van der Waals surface area contributed by atoms with Gasteiger partial charge in [0.15, 0.2) is 0 Å². The molecule has 0 aromatic heterocycles. The molecular formula is C31H48ClN5O9. The van der Waals surface area contributed by atoms with Crippen LogP contribution in [0.15, 0.2) is 30.4 Å². The molecule has 0 radical (unpaired) electrons. The Morgan fingerprint density at radius 2 is 1.72 bits per heavy atom. The summed E-state index contributed by atoms with van der Waals surface area (Å²) >= 11 is 6.40. The Hall–Kier alpha value is -3.72. The van der Waals surface area contributed by atoms with Gasteiger partial charge in [0.1, 0.15) is 5.75 Å². The van der Waals surface area contributed by atoms with E-state index in [1.54, 1.807) is 44.1 Å². The van der Waals surface area contributed by atoms with Gasteiger partial charge in [-0.2, -0.15) is 0 Å². The van der Waals surface area contributed by atoms with Gasteiger partial charge in [0.2, 0.25) is 17.7 Å². The summed E-state index contributed by atoms with van der Waals surface area (Å²) in [6, 6.07) is 4.49. The topological polar surface area (TPSA) is 226 Å². The predicted molar refractivity (Wildman–Crippen MR) is 173 cm³/mol. The van der Waals surface area contributed by atoms with Crippen molar-refractivity contribution in [2.75, 3.05) is 38.2 Å². The molecule has 0 spiro atoms. The molecule has 0 bridgehead atoms. The van der Waals surface area contributed by atoms with Gasteiger partial charge in [0, 0.05) is 55.4 Å². The number of hydrogen-bond donors (Lipinski definition) is 6. The number of carbonyl (C=O) groups is 5. The van der Waals surface area contributed by atoms with E-state index in [-0.39, 0.29) is 43.8 Å². The van der Waals surface area contributed by atoms with Crippen molar-refractivity contribution >= 4 is 46.9 Å². The van der Waals surface area contributed by atoms with Crippen LogP contribution < -0.4 is 26.4 Å². The molecular weight excluding hydrogens is 622 g/mol. The third kappa shape index (κ3) is 12.2. The van der Waals surface area contributed by atoms with Crippen LogP contribution in [0.1, 0.15) is 48.0 Å². The standard InChI is InChI=1S/C27H44ClN5O5.C4H4O4/c1-16(2)18(24(36)31-14-26(3,4)25(30)37)11-22(34)20(29)12-32-13-23(35)33(15-27(32,5)6)21-10-17(38-7)8-9-19(21)28;5-3(6)1-2-4(7)8/h8-10,16,18,20,22,34H,11-15,29H2,1-7H3,(H2,30,37)(H,31,36);1-2H,(H,5,6)(H,7,8)/b;2-1+/t18-,20-,22-;/m0./s1. The molecule has 3 atom stereocenters. The van der Waals surface area contributed by atoms with E-state index >= 15 is 0 Å². The number of carboxylic acids is 2. The van der Waals surface area contributed by atoms with Crippen molar-refractivity contribution in [1.82, 2.24) is 10.2 Å². The molecule has 3 amide bonds. The average Bonchev–Trinajstić information content (AvgIpc) is 2.95. The number of anilines is 1. The quantitative estimate of drug-likeness (QED) is 0.155. The number of aliphatic hydroxyl groups excluding tert-OH is 1. The number of carbonyl (C=O) groups excluding carboxylic acids is 3. The number of amides is 3. The lowest BCUT2D eigenvalue weighted by Gasteiger charge is -2.48. The van der Waals surface area contributed by atoms with Crippen molar-refractivity contribution in [3.05, 3.63) is 35.4 Å². The number of aliphatic carboxylic acids is 2. The van der Waals surface area contributed by atoms with Gasteiger partial charge in [-0.1, -0.05) is 25.4 Å². The first-order valence-corrected chi connectivity index (χ1v) is 15.0. The second-order valence-electron chi connectivity index (χ2n) is 12.8. The molecule has 14 nitrogen and oxygen atoms in total. The van der Waals surface area contributed by atoms with Gasteiger partial charge in [0.05, 0.1) is 35.9 Å². The van der Waals surface area contributed by atoms with E-state index in [1.165, 1.54) is 0 Å². The second-order valence-corrected chi connectivity index (χ2v) is 13.2. The summed E-state index contributed by atoms with van der Waals surface area (Å²) in [7, 11) is 1.55. The molecule has 258 valence electrons. The maximum atomic E-state index is 13.1. The van der Waals surface area contributed by atoms with Gasteiger partial charge in [-0.05, 0) is 52.2 Å². The van der Waals surface area contributed by atoms with Gasteiger partial charge in [-0.25, -0.2) is 9.59 Å². The maximum Gasteiger partial charge on any atom is 0.328 e. The smallest absolute Gasteiger partial charge is 0.328 e. The van der Waals surface area contributed by atoms with E-state index in [1.807, 2.05) is 32.6 Å². The highest BCUT2D eigenvalue weighted by atomic mass is 35.5. The molecule has 2 rings (SSSR count). The lowest BCUT2D eigenvalue weighted by atomic mass is 9.86. The molecule has 8 N–H and O–H groups in total. The fourth-order valence-corrected chi connectivity index (χ4v) is 4.78. The molecule has 15 heteroatoms. The van der Waals surface area contributed by atoms with Crippen LogP contribution in [0.5, 0.6) is 5.75 Å². The first-order chi connectivity index (χ1) is 21.1. The van der Waals surface area contributed by atoms with E-state index in [9.17, 15) is 29.1 Å².